The van der Waals surface area contributed by atoms with E-state index in [1.54, 1.807) is 7.11 Å². The van der Waals surface area contributed by atoms with Gasteiger partial charge in [0.1, 0.15) is 11.3 Å². The molecule has 0 spiro atoms. The molecular formula is C12H17ClN2O. The molecule has 1 saturated carbocycles. The van der Waals surface area contributed by atoms with Crippen molar-refractivity contribution in [2.75, 3.05) is 7.11 Å². The first kappa shape index (κ1) is 11.8. The maximum absolute atomic E-state index is 6.12. The highest BCUT2D eigenvalue weighted by atomic mass is 35.5. The van der Waals surface area contributed by atoms with E-state index in [-0.39, 0.29) is 6.10 Å². The van der Waals surface area contributed by atoms with E-state index >= 15 is 0 Å². The third kappa shape index (κ3) is 2.20. The van der Waals surface area contributed by atoms with Crippen molar-refractivity contribution in [3.05, 3.63) is 22.2 Å². The van der Waals surface area contributed by atoms with Crippen LogP contribution in [0, 0.1) is 12.8 Å². The lowest BCUT2D eigenvalue weighted by molar-refractivity contribution is 0.0770. The number of nitrogens with zero attached hydrogens (tertiary/aromatic N) is 2. The zero-order valence-corrected chi connectivity index (χ0v) is 10.7. The fourth-order valence-corrected chi connectivity index (χ4v) is 2.13. The summed E-state index contributed by atoms with van der Waals surface area (Å²) < 4.78 is 5.47. The minimum atomic E-state index is 0.0170. The van der Waals surface area contributed by atoms with Crippen LogP contribution in [0.5, 0.6) is 0 Å². The SMILES string of the molecule is CCc1nc(C(OC)C2CC2)nc(Cl)c1C. The van der Waals surface area contributed by atoms with Crippen molar-refractivity contribution in [1.82, 2.24) is 9.97 Å². The largest absolute Gasteiger partial charge is 0.373 e. The molecule has 1 atom stereocenters. The van der Waals surface area contributed by atoms with Crippen LogP contribution >= 0.6 is 11.6 Å². The summed E-state index contributed by atoms with van der Waals surface area (Å²) in [6.07, 6.45) is 3.30. The number of halogens is 1. The number of hydrogen-bond donors (Lipinski definition) is 0. The van der Waals surface area contributed by atoms with Gasteiger partial charge in [-0.15, -0.1) is 0 Å². The Kier molecular flexibility index (Phi) is 3.45. The van der Waals surface area contributed by atoms with E-state index in [0.29, 0.717) is 11.1 Å². The van der Waals surface area contributed by atoms with E-state index in [0.717, 1.165) is 23.5 Å². The minimum Gasteiger partial charge on any atom is -0.373 e. The van der Waals surface area contributed by atoms with Crippen LogP contribution in [0.1, 0.15) is 43.0 Å². The highest BCUT2D eigenvalue weighted by molar-refractivity contribution is 6.30. The van der Waals surface area contributed by atoms with Gasteiger partial charge in [-0.1, -0.05) is 18.5 Å². The van der Waals surface area contributed by atoms with Crippen molar-refractivity contribution in [1.29, 1.82) is 0 Å². The van der Waals surface area contributed by atoms with Crippen molar-refractivity contribution in [2.24, 2.45) is 5.92 Å². The average Bonchev–Trinajstić information content (AvgIpc) is 3.08. The predicted molar refractivity (Wildman–Crippen MR) is 63.6 cm³/mol. The highest BCUT2D eigenvalue weighted by Crippen LogP contribution is 2.42. The molecule has 0 N–H and O–H groups in total. The molecule has 0 amide bonds. The lowest BCUT2D eigenvalue weighted by Gasteiger charge is -2.15. The van der Waals surface area contributed by atoms with E-state index in [4.69, 9.17) is 16.3 Å². The standard InChI is InChI=1S/C12H17ClN2O/c1-4-9-7(2)11(13)15-12(14-9)10(16-3)8-5-6-8/h8,10H,4-6H2,1-3H3. The summed E-state index contributed by atoms with van der Waals surface area (Å²) in [5.74, 6) is 1.32. The van der Waals surface area contributed by atoms with Crippen molar-refractivity contribution in [3.8, 4) is 0 Å². The third-order valence-corrected chi connectivity index (χ3v) is 3.47. The van der Waals surface area contributed by atoms with Crippen molar-refractivity contribution in [2.45, 2.75) is 39.2 Å². The van der Waals surface area contributed by atoms with Crippen molar-refractivity contribution in [3.63, 3.8) is 0 Å². The molecule has 1 heterocycles. The summed E-state index contributed by atoms with van der Waals surface area (Å²) in [6.45, 7) is 4.04. The van der Waals surface area contributed by atoms with Gasteiger partial charge in [-0.25, -0.2) is 9.97 Å². The Bertz CT molecular complexity index is 391. The molecule has 0 radical (unpaired) electrons. The Morgan fingerprint density at radius 3 is 2.62 bits per heavy atom. The second-order valence-electron chi connectivity index (χ2n) is 4.29. The molecule has 0 aromatic carbocycles. The molecule has 1 aliphatic carbocycles. The summed E-state index contributed by atoms with van der Waals surface area (Å²) >= 11 is 6.12. The van der Waals surface area contributed by atoms with Gasteiger partial charge in [0.25, 0.3) is 0 Å². The van der Waals surface area contributed by atoms with Gasteiger partial charge in [0.15, 0.2) is 5.82 Å². The molecule has 0 aliphatic heterocycles. The van der Waals surface area contributed by atoms with E-state index in [2.05, 4.69) is 16.9 Å². The zero-order valence-electron chi connectivity index (χ0n) is 9.96. The van der Waals surface area contributed by atoms with E-state index in [1.165, 1.54) is 12.8 Å². The molecule has 16 heavy (non-hydrogen) atoms. The van der Waals surface area contributed by atoms with Gasteiger partial charge in [0.05, 0.1) is 0 Å². The number of aryl methyl sites for hydroxylation is 1. The van der Waals surface area contributed by atoms with Crippen molar-refractivity contribution < 1.29 is 4.74 Å². The first-order valence-corrected chi connectivity index (χ1v) is 6.10. The second kappa shape index (κ2) is 4.68. The van der Waals surface area contributed by atoms with Crippen LogP contribution in [0.15, 0.2) is 0 Å². The van der Waals surface area contributed by atoms with Crippen LogP contribution < -0.4 is 0 Å². The molecule has 88 valence electrons. The minimum absolute atomic E-state index is 0.0170. The Morgan fingerprint density at radius 2 is 2.12 bits per heavy atom. The molecule has 1 aromatic heterocycles. The van der Waals surface area contributed by atoms with Crippen LogP contribution in [0.2, 0.25) is 5.15 Å². The van der Waals surface area contributed by atoms with Crippen LogP contribution in [0.4, 0.5) is 0 Å². The predicted octanol–water partition coefficient (Wildman–Crippen LogP) is 3.10. The van der Waals surface area contributed by atoms with Gasteiger partial charge in [-0.2, -0.15) is 0 Å². The normalized spacial score (nSPS) is 17.5. The molecule has 1 aliphatic rings. The molecule has 0 saturated heterocycles. The fourth-order valence-electron chi connectivity index (χ4n) is 1.93. The molecule has 3 nitrogen and oxygen atoms in total. The molecule has 1 aromatic rings. The summed E-state index contributed by atoms with van der Waals surface area (Å²) in [7, 11) is 1.71. The second-order valence-corrected chi connectivity index (χ2v) is 4.65. The maximum Gasteiger partial charge on any atom is 0.159 e. The van der Waals surface area contributed by atoms with E-state index in [1.807, 2.05) is 6.92 Å². The van der Waals surface area contributed by atoms with E-state index < -0.39 is 0 Å². The molecule has 0 bridgehead atoms. The van der Waals surface area contributed by atoms with Gasteiger partial charge in [0.2, 0.25) is 0 Å². The maximum atomic E-state index is 6.12. The summed E-state index contributed by atoms with van der Waals surface area (Å²) in [6, 6.07) is 0. The third-order valence-electron chi connectivity index (χ3n) is 3.10. The number of rotatable bonds is 4. The Morgan fingerprint density at radius 1 is 1.44 bits per heavy atom. The van der Waals surface area contributed by atoms with Gasteiger partial charge < -0.3 is 4.74 Å². The van der Waals surface area contributed by atoms with Crippen molar-refractivity contribution >= 4 is 11.6 Å². The highest BCUT2D eigenvalue weighted by Gasteiger charge is 2.34. The topological polar surface area (TPSA) is 35.0 Å². The fraction of sp³-hybridized carbons (Fsp3) is 0.667. The van der Waals surface area contributed by atoms with Crippen LogP contribution in [-0.4, -0.2) is 17.1 Å². The summed E-state index contributed by atoms with van der Waals surface area (Å²) in [5.41, 5.74) is 2.01. The Hall–Kier alpha value is -0.670. The summed E-state index contributed by atoms with van der Waals surface area (Å²) in [5, 5.41) is 0.560. The number of methoxy groups -OCH3 is 1. The monoisotopic (exact) mass is 240 g/mol. The van der Waals surface area contributed by atoms with Crippen LogP contribution in [0.25, 0.3) is 0 Å². The number of aromatic nitrogens is 2. The molecule has 2 rings (SSSR count). The summed E-state index contributed by atoms with van der Waals surface area (Å²) in [4.78, 5) is 8.91. The quantitative estimate of drug-likeness (QED) is 0.759. The first-order valence-electron chi connectivity index (χ1n) is 5.73. The van der Waals surface area contributed by atoms with Gasteiger partial charge in [-0.05, 0) is 32.1 Å². The Balaban J connectivity index is 2.36. The first-order chi connectivity index (χ1) is 7.67. The van der Waals surface area contributed by atoms with E-state index in [9.17, 15) is 0 Å². The molecule has 1 unspecified atom stereocenters. The number of ether oxygens (including phenoxy) is 1. The van der Waals surface area contributed by atoms with Crippen LogP contribution in [0.3, 0.4) is 0 Å². The van der Waals surface area contributed by atoms with Crippen LogP contribution in [-0.2, 0) is 11.2 Å². The smallest absolute Gasteiger partial charge is 0.159 e. The molecular weight excluding hydrogens is 224 g/mol. The van der Waals surface area contributed by atoms with Gasteiger partial charge in [-0.3, -0.25) is 0 Å². The van der Waals surface area contributed by atoms with Gasteiger partial charge >= 0.3 is 0 Å². The molecule has 4 heteroatoms. The number of hydrogen-bond acceptors (Lipinski definition) is 3. The molecule has 1 fully saturated rings. The van der Waals surface area contributed by atoms with Gasteiger partial charge in [0, 0.05) is 18.4 Å². The lowest BCUT2D eigenvalue weighted by atomic mass is 10.1. The lowest BCUT2D eigenvalue weighted by Crippen LogP contribution is -2.11. The zero-order chi connectivity index (χ0) is 11.7. The average molecular weight is 241 g/mol. The Labute approximate surface area is 101 Å².